The number of ether oxygens (including phenoxy) is 3. The minimum absolute atomic E-state index is 0.0558. The van der Waals surface area contributed by atoms with E-state index in [9.17, 15) is 31.1 Å². The number of nitrogens with zero attached hydrogens (tertiary/aromatic N) is 2. The topological polar surface area (TPSA) is 51.2 Å². The molecule has 1 aliphatic rings. The summed E-state index contributed by atoms with van der Waals surface area (Å²) in [6, 6.07) is 3.83. The monoisotopic (exact) mass is 534 g/mol. The molecule has 2 aromatic carbocycles. The smallest absolute Gasteiger partial charge is 0.416 e. The zero-order chi connectivity index (χ0) is 27.7. The summed E-state index contributed by atoms with van der Waals surface area (Å²) in [7, 11) is 4.00. The lowest BCUT2D eigenvalue weighted by molar-refractivity contribution is -0.143. The third kappa shape index (κ3) is 5.83. The van der Waals surface area contributed by atoms with Gasteiger partial charge < -0.3 is 19.1 Å². The van der Waals surface area contributed by atoms with E-state index in [0.29, 0.717) is 47.8 Å². The Morgan fingerprint density at radius 3 is 1.95 bits per heavy atom. The van der Waals surface area contributed by atoms with Crippen molar-refractivity contribution < 1.29 is 45.3 Å². The molecular weight excluding hydrogens is 506 g/mol. The highest BCUT2D eigenvalue weighted by molar-refractivity contribution is 5.71. The number of amides is 1. The van der Waals surface area contributed by atoms with Gasteiger partial charge in [-0.25, -0.2) is 4.79 Å². The van der Waals surface area contributed by atoms with E-state index < -0.39 is 42.2 Å². The van der Waals surface area contributed by atoms with E-state index in [4.69, 9.17) is 14.2 Å². The lowest BCUT2D eigenvalue weighted by atomic mass is 9.89. The number of halogens is 6. The van der Waals surface area contributed by atoms with Gasteiger partial charge in [0.2, 0.25) is 0 Å². The number of carbonyl (C=O) groups excluding carboxylic acids is 1. The fraction of sp³-hybridized carbons (Fsp3) is 0.480. The second kappa shape index (κ2) is 10.6. The van der Waals surface area contributed by atoms with Crippen LogP contribution in [0.3, 0.4) is 0 Å². The van der Waals surface area contributed by atoms with Gasteiger partial charge in [0.05, 0.1) is 38.5 Å². The molecule has 1 amide bonds. The van der Waals surface area contributed by atoms with Crippen LogP contribution in [-0.2, 0) is 23.6 Å². The molecule has 2 unspecified atom stereocenters. The van der Waals surface area contributed by atoms with Crippen LogP contribution < -0.4 is 14.4 Å². The molecule has 0 aliphatic carbocycles. The van der Waals surface area contributed by atoms with Crippen LogP contribution in [-0.4, -0.2) is 44.9 Å². The summed E-state index contributed by atoms with van der Waals surface area (Å²) in [5.74, 6) is 0.796. The summed E-state index contributed by atoms with van der Waals surface area (Å²) in [4.78, 5) is 16.1. The van der Waals surface area contributed by atoms with Crippen molar-refractivity contribution in [1.29, 1.82) is 0 Å². The molecule has 0 spiro atoms. The first-order valence-electron chi connectivity index (χ1n) is 11.4. The molecule has 0 bridgehead atoms. The SMILES string of the molecule is CCN1c2cc(OC)c(OC)cc2C(N(Cc2cc(C(F)(F)F)cc(C(F)(F)F)c2)C(=O)OC)CC1C. The summed E-state index contributed by atoms with van der Waals surface area (Å²) in [6.45, 7) is 3.92. The molecule has 1 heterocycles. The highest BCUT2D eigenvalue weighted by atomic mass is 19.4. The second-order valence-electron chi connectivity index (χ2n) is 8.66. The van der Waals surface area contributed by atoms with Crippen molar-refractivity contribution in [3.63, 3.8) is 0 Å². The molecule has 0 radical (unpaired) electrons. The molecular formula is C25H28F6N2O4. The van der Waals surface area contributed by atoms with Crippen molar-refractivity contribution in [2.45, 2.75) is 51.2 Å². The van der Waals surface area contributed by atoms with E-state index in [2.05, 4.69) is 4.90 Å². The van der Waals surface area contributed by atoms with Gasteiger partial charge in [0.15, 0.2) is 11.5 Å². The van der Waals surface area contributed by atoms with Crippen LogP contribution >= 0.6 is 0 Å². The Bertz CT molecular complexity index is 1100. The average Bonchev–Trinajstić information content (AvgIpc) is 2.84. The number of hydrogen-bond donors (Lipinski definition) is 0. The van der Waals surface area contributed by atoms with Crippen molar-refractivity contribution in [2.24, 2.45) is 0 Å². The quantitative estimate of drug-likeness (QED) is 0.388. The first-order chi connectivity index (χ1) is 17.2. The Morgan fingerprint density at radius 1 is 0.946 bits per heavy atom. The average molecular weight is 534 g/mol. The summed E-state index contributed by atoms with van der Waals surface area (Å²) in [5.41, 5.74) is -1.93. The zero-order valence-electron chi connectivity index (χ0n) is 21.0. The predicted molar refractivity (Wildman–Crippen MR) is 124 cm³/mol. The van der Waals surface area contributed by atoms with Crippen LogP contribution in [0.15, 0.2) is 30.3 Å². The van der Waals surface area contributed by atoms with Gasteiger partial charge in [0.25, 0.3) is 0 Å². The molecule has 0 aromatic heterocycles. The minimum atomic E-state index is -5.01. The Kier molecular flexibility index (Phi) is 8.09. The first kappa shape index (κ1) is 28.3. The second-order valence-corrected chi connectivity index (χ2v) is 8.66. The maximum atomic E-state index is 13.4. The molecule has 0 fully saturated rings. The molecule has 0 saturated heterocycles. The predicted octanol–water partition coefficient (Wildman–Crippen LogP) is 6.67. The number of hydrogen-bond acceptors (Lipinski definition) is 5. The summed E-state index contributed by atoms with van der Waals surface area (Å²) >= 11 is 0. The fourth-order valence-electron chi connectivity index (χ4n) is 4.72. The summed E-state index contributed by atoms with van der Waals surface area (Å²) < 4.78 is 96.3. The van der Waals surface area contributed by atoms with E-state index in [1.165, 1.54) is 14.2 Å². The molecule has 37 heavy (non-hydrogen) atoms. The van der Waals surface area contributed by atoms with Gasteiger partial charge in [-0.15, -0.1) is 0 Å². The van der Waals surface area contributed by atoms with Gasteiger partial charge in [0, 0.05) is 36.4 Å². The largest absolute Gasteiger partial charge is 0.493 e. The van der Waals surface area contributed by atoms with Gasteiger partial charge in [-0.05, 0) is 50.1 Å². The molecule has 0 N–H and O–H groups in total. The molecule has 6 nitrogen and oxygen atoms in total. The van der Waals surface area contributed by atoms with Gasteiger partial charge in [-0.1, -0.05) is 0 Å². The zero-order valence-corrected chi connectivity index (χ0v) is 21.0. The Balaban J connectivity index is 2.17. The van der Waals surface area contributed by atoms with Crippen LogP contribution in [0.4, 0.5) is 36.8 Å². The van der Waals surface area contributed by atoms with Crippen molar-refractivity contribution in [1.82, 2.24) is 4.90 Å². The molecule has 204 valence electrons. The lowest BCUT2D eigenvalue weighted by Crippen LogP contribution is -2.45. The highest BCUT2D eigenvalue weighted by Crippen LogP contribution is 2.46. The molecule has 12 heteroatoms. The van der Waals surface area contributed by atoms with Crippen LogP contribution in [0.25, 0.3) is 0 Å². The highest BCUT2D eigenvalue weighted by Gasteiger charge is 2.39. The van der Waals surface area contributed by atoms with Gasteiger partial charge in [-0.3, -0.25) is 4.90 Å². The number of anilines is 1. The van der Waals surface area contributed by atoms with Crippen molar-refractivity contribution in [2.75, 3.05) is 32.8 Å². The van der Waals surface area contributed by atoms with Crippen molar-refractivity contribution in [3.05, 3.63) is 52.6 Å². The minimum Gasteiger partial charge on any atom is -0.493 e. The number of benzene rings is 2. The summed E-state index contributed by atoms with van der Waals surface area (Å²) in [6.07, 6.45) is -10.6. The number of carbonyl (C=O) groups is 1. The normalized spacial score (nSPS) is 17.8. The van der Waals surface area contributed by atoms with Crippen LogP contribution in [0.5, 0.6) is 11.5 Å². The number of fused-ring (bicyclic) bond motifs is 1. The maximum absolute atomic E-state index is 13.4. The molecule has 1 aliphatic heterocycles. The van der Waals surface area contributed by atoms with Crippen molar-refractivity contribution in [3.8, 4) is 11.5 Å². The number of methoxy groups -OCH3 is 3. The Hall–Kier alpha value is -3.31. The first-order valence-corrected chi connectivity index (χ1v) is 11.4. The van der Waals surface area contributed by atoms with Gasteiger partial charge in [0.1, 0.15) is 0 Å². The maximum Gasteiger partial charge on any atom is 0.416 e. The molecule has 2 atom stereocenters. The van der Waals surface area contributed by atoms with E-state index in [0.717, 1.165) is 12.0 Å². The lowest BCUT2D eigenvalue weighted by Gasteiger charge is -2.44. The molecule has 2 aromatic rings. The third-order valence-corrected chi connectivity index (χ3v) is 6.42. The number of rotatable bonds is 6. The van der Waals surface area contributed by atoms with Crippen LogP contribution in [0.2, 0.25) is 0 Å². The van der Waals surface area contributed by atoms with E-state index >= 15 is 0 Å². The Morgan fingerprint density at radius 2 is 1.49 bits per heavy atom. The molecule has 0 saturated carbocycles. The molecule has 3 rings (SSSR count). The fourth-order valence-corrected chi connectivity index (χ4v) is 4.72. The van der Waals surface area contributed by atoms with Crippen LogP contribution in [0.1, 0.15) is 48.6 Å². The van der Waals surface area contributed by atoms with E-state index in [1.807, 2.05) is 13.8 Å². The van der Waals surface area contributed by atoms with Gasteiger partial charge >= 0.3 is 18.4 Å². The van der Waals surface area contributed by atoms with Crippen LogP contribution in [0, 0.1) is 0 Å². The Labute approximate surface area is 210 Å². The van der Waals surface area contributed by atoms with E-state index in [-0.39, 0.29) is 17.7 Å². The van der Waals surface area contributed by atoms with Crippen molar-refractivity contribution >= 4 is 11.8 Å². The summed E-state index contributed by atoms with van der Waals surface area (Å²) in [5, 5.41) is 0. The third-order valence-electron chi connectivity index (χ3n) is 6.42. The van der Waals surface area contributed by atoms with Gasteiger partial charge in [-0.2, -0.15) is 26.3 Å². The standard InChI is InChI=1S/C25H28F6N2O4/c1-6-32-14(2)7-19(18-11-21(35-3)22(36-4)12-20(18)32)33(23(34)37-5)13-15-8-16(24(26,27)28)10-17(9-15)25(29,30)31/h8-12,14,19H,6-7,13H2,1-5H3. The number of alkyl halides is 6. The van der Waals surface area contributed by atoms with E-state index in [1.54, 1.807) is 12.1 Å².